The van der Waals surface area contributed by atoms with Crippen molar-refractivity contribution in [2.24, 2.45) is 0 Å². The lowest BCUT2D eigenvalue weighted by molar-refractivity contribution is 0.0752. The molecule has 14 heavy (non-hydrogen) atoms. The molecule has 1 aromatic carbocycles. The van der Waals surface area contributed by atoms with Crippen LogP contribution in [0.2, 0.25) is 0 Å². The first-order valence-corrected chi connectivity index (χ1v) is 4.39. The summed E-state index contributed by atoms with van der Waals surface area (Å²) in [5.41, 5.74) is -0.612. The minimum atomic E-state index is -1.23. The van der Waals surface area contributed by atoms with Gasteiger partial charge in [-0.25, -0.2) is 4.39 Å². The van der Waals surface area contributed by atoms with E-state index in [0.717, 1.165) is 5.39 Å². The van der Waals surface area contributed by atoms with E-state index in [1.807, 2.05) is 0 Å². The van der Waals surface area contributed by atoms with Gasteiger partial charge in [0.2, 0.25) is 0 Å². The highest BCUT2D eigenvalue weighted by Crippen LogP contribution is 2.31. The number of rotatable bonds is 1. The monoisotopic (exact) mass is 194 g/mol. The van der Waals surface area contributed by atoms with Crippen LogP contribution in [0.25, 0.3) is 11.0 Å². The summed E-state index contributed by atoms with van der Waals surface area (Å²) in [6.45, 7) is 3.07. The molecule has 0 aliphatic rings. The Morgan fingerprint density at radius 3 is 2.64 bits per heavy atom. The average molecular weight is 194 g/mol. The maximum absolute atomic E-state index is 13.5. The summed E-state index contributed by atoms with van der Waals surface area (Å²) in [6.07, 6.45) is 1.49. The summed E-state index contributed by atoms with van der Waals surface area (Å²) >= 11 is 0. The Labute approximate surface area is 81.0 Å². The standard InChI is InChI=1S/C11H11FO2/c1-11(2,13)9-8(12)4-3-7-5-6-14-10(7)9/h3-6,13H,1-2H3. The van der Waals surface area contributed by atoms with Crippen LogP contribution >= 0.6 is 0 Å². The Morgan fingerprint density at radius 1 is 1.29 bits per heavy atom. The van der Waals surface area contributed by atoms with E-state index in [-0.39, 0.29) is 5.56 Å². The molecule has 2 rings (SSSR count). The molecule has 74 valence electrons. The molecule has 0 saturated carbocycles. The van der Waals surface area contributed by atoms with E-state index in [1.165, 1.54) is 26.2 Å². The lowest BCUT2D eigenvalue weighted by Gasteiger charge is -2.18. The van der Waals surface area contributed by atoms with Gasteiger partial charge in [0.25, 0.3) is 0 Å². The third-order valence-corrected chi connectivity index (χ3v) is 2.18. The molecular weight excluding hydrogens is 183 g/mol. The molecule has 0 atom stereocenters. The zero-order valence-corrected chi connectivity index (χ0v) is 8.04. The number of hydrogen-bond donors (Lipinski definition) is 1. The minimum Gasteiger partial charge on any atom is -0.464 e. The fraction of sp³-hybridized carbons (Fsp3) is 0.273. The molecule has 1 heterocycles. The summed E-state index contributed by atoms with van der Waals surface area (Å²) < 4.78 is 18.6. The molecule has 1 aromatic heterocycles. The highest BCUT2D eigenvalue weighted by molar-refractivity contribution is 5.81. The highest BCUT2D eigenvalue weighted by Gasteiger charge is 2.25. The molecular formula is C11H11FO2. The summed E-state index contributed by atoms with van der Waals surface area (Å²) in [5.74, 6) is -0.444. The van der Waals surface area contributed by atoms with Gasteiger partial charge in [-0.3, -0.25) is 0 Å². The fourth-order valence-electron chi connectivity index (χ4n) is 1.58. The van der Waals surface area contributed by atoms with Crippen LogP contribution < -0.4 is 0 Å². The maximum Gasteiger partial charge on any atom is 0.142 e. The molecule has 0 radical (unpaired) electrons. The Bertz CT molecular complexity index is 466. The lowest BCUT2D eigenvalue weighted by Crippen LogP contribution is -2.17. The molecule has 0 aliphatic carbocycles. The van der Waals surface area contributed by atoms with Crippen LogP contribution in [-0.4, -0.2) is 5.11 Å². The van der Waals surface area contributed by atoms with Crippen molar-refractivity contribution < 1.29 is 13.9 Å². The first kappa shape index (κ1) is 9.21. The van der Waals surface area contributed by atoms with Crippen LogP contribution in [-0.2, 0) is 5.60 Å². The number of benzene rings is 1. The zero-order chi connectivity index (χ0) is 10.3. The summed E-state index contributed by atoms with van der Waals surface area (Å²) in [4.78, 5) is 0. The zero-order valence-electron chi connectivity index (χ0n) is 8.04. The van der Waals surface area contributed by atoms with E-state index >= 15 is 0 Å². The van der Waals surface area contributed by atoms with E-state index in [1.54, 1.807) is 12.1 Å². The first-order valence-electron chi connectivity index (χ1n) is 4.39. The quantitative estimate of drug-likeness (QED) is 0.757. The second kappa shape index (κ2) is 2.82. The van der Waals surface area contributed by atoms with Crippen LogP contribution in [0.4, 0.5) is 4.39 Å². The predicted octanol–water partition coefficient (Wildman–Crippen LogP) is 2.80. The number of furan rings is 1. The highest BCUT2D eigenvalue weighted by atomic mass is 19.1. The summed E-state index contributed by atoms with van der Waals surface area (Å²) in [5, 5.41) is 10.6. The number of aliphatic hydroxyl groups is 1. The van der Waals surface area contributed by atoms with Gasteiger partial charge >= 0.3 is 0 Å². The summed E-state index contributed by atoms with van der Waals surface area (Å²) in [6, 6.07) is 4.71. The SMILES string of the molecule is CC(C)(O)c1c(F)ccc2ccoc12. The Kier molecular flexibility index (Phi) is 1.86. The number of hydrogen-bond acceptors (Lipinski definition) is 2. The smallest absolute Gasteiger partial charge is 0.142 e. The average Bonchev–Trinajstić information content (AvgIpc) is 2.48. The number of halogens is 1. The van der Waals surface area contributed by atoms with Gasteiger partial charge in [0.1, 0.15) is 11.4 Å². The van der Waals surface area contributed by atoms with Crippen molar-refractivity contribution in [3.05, 3.63) is 35.8 Å². The van der Waals surface area contributed by atoms with E-state index in [2.05, 4.69) is 0 Å². The molecule has 2 nitrogen and oxygen atoms in total. The summed E-state index contributed by atoms with van der Waals surface area (Å²) in [7, 11) is 0. The molecule has 0 spiro atoms. The van der Waals surface area contributed by atoms with Crippen molar-refractivity contribution in [2.75, 3.05) is 0 Å². The van der Waals surface area contributed by atoms with Gasteiger partial charge in [0.15, 0.2) is 0 Å². The third kappa shape index (κ3) is 1.30. The molecule has 2 aromatic rings. The molecule has 1 N–H and O–H groups in total. The van der Waals surface area contributed by atoms with Crippen molar-refractivity contribution >= 4 is 11.0 Å². The van der Waals surface area contributed by atoms with E-state index in [4.69, 9.17) is 4.42 Å². The molecule has 0 unspecified atom stereocenters. The van der Waals surface area contributed by atoms with Gasteiger partial charge in [-0.2, -0.15) is 0 Å². The molecule has 0 aliphatic heterocycles. The van der Waals surface area contributed by atoms with Crippen LogP contribution in [0, 0.1) is 5.82 Å². The van der Waals surface area contributed by atoms with Gasteiger partial charge in [-0.15, -0.1) is 0 Å². The van der Waals surface area contributed by atoms with E-state index in [9.17, 15) is 9.50 Å². The van der Waals surface area contributed by atoms with Crippen molar-refractivity contribution in [3.8, 4) is 0 Å². The molecule has 3 heteroatoms. The van der Waals surface area contributed by atoms with E-state index in [0.29, 0.717) is 5.58 Å². The second-order valence-electron chi connectivity index (χ2n) is 3.82. The number of fused-ring (bicyclic) bond motifs is 1. The van der Waals surface area contributed by atoms with E-state index < -0.39 is 11.4 Å². The van der Waals surface area contributed by atoms with Crippen LogP contribution in [0.15, 0.2) is 28.9 Å². The lowest BCUT2D eigenvalue weighted by atomic mass is 9.96. The van der Waals surface area contributed by atoms with Crippen molar-refractivity contribution in [1.82, 2.24) is 0 Å². The van der Waals surface area contributed by atoms with Crippen molar-refractivity contribution in [2.45, 2.75) is 19.4 Å². The fourth-order valence-corrected chi connectivity index (χ4v) is 1.58. The maximum atomic E-state index is 13.5. The largest absolute Gasteiger partial charge is 0.464 e. The van der Waals surface area contributed by atoms with Gasteiger partial charge in [0.05, 0.1) is 17.4 Å². The Morgan fingerprint density at radius 2 is 2.00 bits per heavy atom. The molecule has 0 fully saturated rings. The molecule has 0 saturated heterocycles. The molecule has 0 bridgehead atoms. The van der Waals surface area contributed by atoms with Gasteiger partial charge in [-0.1, -0.05) is 0 Å². The minimum absolute atomic E-state index is 0.208. The topological polar surface area (TPSA) is 33.4 Å². The van der Waals surface area contributed by atoms with Crippen LogP contribution in [0.3, 0.4) is 0 Å². The normalized spacial score (nSPS) is 12.3. The van der Waals surface area contributed by atoms with Crippen molar-refractivity contribution in [1.29, 1.82) is 0 Å². The van der Waals surface area contributed by atoms with Crippen LogP contribution in [0.5, 0.6) is 0 Å². The molecule has 0 amide bonds. The van der Waals surface area contributed by atoms with Crippen LogP contribution in [0.1, 0.15) is 19.4 Å². The first-order chi connectivity index (χ1) is 6.50. The van der Waals surface area contributed by atoms with Crippen molar-refractivity contribution in [3.63, 3.8) is 0 Å². The van der Waals surface area contributed by atoms with Gasteiger partial charge in [-0.05, 0) is 32.0 Å². The van der Waals surface area contributed by atoms with Gasteiger partial charge in [0, 0.05) is 5.39 Å². The Hall–Kier alpha value is -1.35. The van der Waals surface area contributed by atoms with Gasteiger partial charge < -0.3 is 9.52 Å². The predicted molar refractivity (Wildman–Crippen MR) is 51.4 cm³/mol. The third-order valence-electron chi connectivity index (χ3n) is 2.18. The second-order valence-corrected chi connectivity index (χ2v) is 3.82. The Balaban J connectivity index is 2.83.